The van der Waals surface area contributed by atoms with Crippen LogP contribution in [-0.2, 0) is 11.3 Å². The van der Waals surface area contributed by atoms with Crippen molar-refractivity contribution in [2.75, 3.05) is 6.61 Å². The minimum Gasteiger partial charge on any atom is -0.378 e. The van der Waals surface area contributed by atoms with Gasteiger partial charge in [-0.15, -0.1) is 0 Å². The Morgan fingerprint density at radius 3 is 2.70 bits per heavy atom. The Labute approximate surface area is 142 Å². The molecule has 23 heavy (non-hydrogen) atoms. The van der Waals surface area contributed by atoms with E-state index in [4.69, 9.17) is 4.74 Å². The standard InChI is InChI=1S/C19H35N3O/c1-4-5-6-7-8-9-12-23-18-10-11-19(2,3)13-17(18)14-22-16-20-15-21-22/h15-18H,4-14H2,1-3H3/t17-,18+/m0/s1. The molecule has 132 valence electrons. The van der Waals surface area contributed by atoms with Gasteiger partial charge in [0.1, 0.15) is 12.7 Å². The van der Waals surface area contributed by atoms with Crippen LogP contribution in [0, 0.1) is 11.3 Å². The van der Waals surface area contributed by atoms with Gasteiger partial charge in [0.2, 0.25) is 0 Å². The van der Waals surface area contributed by atoms with Crippen LogP contribution < -0.4 is 0 Å². The molecule has 0 bridgehead atoms. The summed E-state index contributed by atoms with van der Waals surface area (Å²) in [5, 5.41) is 4.28. The van der Waals surface area contributed by atoms with Crippen LogP contribution in [0.2, 0.25) is 0 Å². The van der Waals surface area contributed by atoms with Crippen molar-refractivity contribution >= 4 is 0 Å². The number of rotatable bonds is 10. The van der Waals surface area contributed by atoms with Gasteiger partial charge in [-0.25, -0.2) is 4.98 Å². The molecule has 0 N–H and O–H groups in total. The lowest BCUT2D eigenvalue weighted by Gasteiger charge is -2.40. The highest BCUT2D eigenvalue weighted by Crippen LogP contribution is 2.40. The summed E-state index contributed by atoms with van der Waals surface area (Å²) in [6.07, 6.45) is 15.5. The van der Waals surface area contributed by atoms with E-state index in [1.165, 1.54) is 57.8 Å². The van der Waals surface area contributed by atoms with Gasteiger partial charge in [-0.3, -0.25) is 4.68 Å². The second-order valence-electron chi connectivity index (χ2n) is 7.96. The summed E-state index contributed by atoms with van der Waals surface area (Å²) in [7, 11) is 0. The fraction of sp³-hybridized carbons (Fsp3) is 0.895. The zero-order valence-electron chi connectivity index (χ0n) is 15.3. The van der Waals surface area contributed by atoms with Gasteiger partial charge in [-0.05, 0) is 31.1 Å². The minimum absolute atomic E-state index is 0.392. The number of nitrogens with zero attached hydrogens (tertiary/aromatic N) is 3. The van der Waals surface area contributed by atoms with Crippen molar-refractivity contribution in [2.45, 2.75) is 91.2 Å². The van der Waals surface area contributed by atoms with E-state index in [9.17, 15) is 0 Å². The maximum absolute atomic E-state index is 6.28. The van der Waals surface area contributed by atoms with Crippen LogP contribution >= 0.6 is 0 Å². The SMILES string of the molecule is CCCCCCCCO[C@@H]1CCC(C)(C)C[C@H]1Cn1cncn1. The largest absolute Gasteiger partial charge is 0.378 e. The van der Waals surface area contributed by atoms with Gasteiger partial charge in [-0.2, -0.15) is 5.10 Å². The molecule has 1 heterocycles. The topological polar surface area (TPSA) is 39.9 Å². The zero-order chi connectivity index (χ0) is 16.5. The van der Waals surface area contributed by atoms with Crippen molar-refractivity contribution in [3.05, 3.63) is 12.7 Å². The lowest BCUT2D eigenvalue weighted by molar-refractivity contribution is -0.0455. The Morgan fingerprint density at radius 1 is 1.17 bits per heavy atom. The quantitative estimate of drug-likeness (QED) is 0.578. The van der Waals surface area contributed by atoms with Crippen molar-refractivity contribution in [3.8, 4) is 0 Å². The van der Waals surface area contributed by atoms with Gasteiger partial charge >= 0.3 is 0 Å². The van der Waals surface area contributed by atoms with E-state index in [0.717, 1.165) is 13.2 Å². The van der Waals surface area contributed by atoms with Crippen LogP contribution in [0.5, 0.6) is 0 Å². The summed E-state index contributed by atoms with van der Waals surface area (Å²) in [6, 6.07) is 0. The monoisotopic (exact) mass is 321 g/mol. The third-order valence-electron chi connectivity index (χ3n) is 5.16. The average Bonchev–Trinajstić information content (AvgIpc) is 3.01. The van der Waals surface area contributed by atoms with Gasteiger partial charge in [0.05, 0.1) is 6.10 Å². The summed E-state index contributed by atoms with van der Waals surface area (Å²) < 4.78 is 8.25. The highest BCUT2D eigenvalue weighted by Gasteiger charge is 2.35. The van der Waals surface area contributed by atoms with Crippen LogP contribution in [0.25, 0.3) is 0 Å². The normalized spacial score (nSPS) is 24.0. The van der Waals surface area contributed by atoms with E-state index in [1.54, 1.807) is 6.33 Å². The maximum atomic E-state index is 6.28. The fourth-order valence-corrected chi connectivity index (χ4v) is 3.80. The molecule has 0 radical (unpaired) electrons. The number of aromatic nitrogens is 3. The lowest BCUT2D eigenvalue weighted by atomic mass is 9.71. The predicted octanol–water partition coefficient (Wildman–Crippen LogP) is 4.85. The first kappa shape index (κ1) is 18.4. The average molecular weight is 322 g/mol. The summed E-state index contributed by atoms with van der Waals surface area (Å²) in [6.45, 7) is 8.88. The van der Waals surface area contributed by atoms with Crippen LogP contribution in [0.3, 0.4) is 0 Å². The molecule has 1 fully saturated rings. The maximum Gasteiger partial charge on any atom is 0.137 e. The Hall–Kier alpha value is -0.900. The zero-order valence-corrected chi connectivity index (χ0v) is 15.3. The Morgan fingerprint density at radius 2 is 1.96 bits per heavy atom. The Balaban J connectivity index is 1.74. The van der Waals surface area contributed by atoms with E-state index in [2.05, 4.69) is 30.9 Å². The van der Waals surface area contributed by atoms with E-state index in [1.807, 2.05) is 11.0 Å². The lowest BCUT2D eigenvalue weighted by Crippen LogP contribution is -2.38. The number of unbranched alkanes of at least 4 members (excludes halogenated alkanes) is 5. The van der Waals surface area contributed by atoms with Crippen LogP contribution in [-0.4, -0.2) is 27.5 Å². The summed E-state index contributed by atoms with van der Waals surface area (Å²) >= 11 is 0. The fourth-order valence-electron chi connectivity index (χ4n) is 3.80. The molecule has 0 amide bonds. The minimum atomic E-state index is 0.392. The molecule has 4 nitrogen and oxygen atoms in total. The van der Waals surface area contributed by atoms with Crippen molar-refractivity contribution < 1.29 is 4.74 Å². The molecule has 0 spiro atoms. The van der Waals surface area contributed by atoms with Gasteiger partial charge in [-0.1, -0.05) is 52.9 Å². The molecule has 0 saturated heterocycles. The van der Waals surface area contributed by atoms with Crippen LogP contribution in [0.4, 0.5) is 0 Å². The Kier molecular flexibility index (Phi) is 7.54. The van der Waals surface area contributed by atoms with Gasteiger partial charge in [0.15, 0.2) is 0 Å². The molecule has 4 heteroatoms. The van der Waals surface area contributed by atoms with E-state index < -0.39 is 0 Å². The first-order valence-electron chi connectivity index (χ1n) is 9.55. The second kappa shape index (κ2) is 9.41. The molecular weight excluding hydrogens is 286 g/mol. The predicted molar refractivity (Wildman–Crippen MR) is 94.3 cm³/mol. The highest BCUT2D eigenvalue weighted by molar-refractivity contribution is 4.86. The summed E-state index contributed by atoms with van der Waals surface area (Å²) in [4.78, 5) is 4.07. The first-order chi connectivity index (χ1) is 11.1. The molecule has 2 rings (SSSR count). The molecule has 0 unspecified atom stereocenters. The van der Waals surface area contributed by atoms with Gasteiger partial charge in [0, 0.05) is 19.1 Å². The molecule has 1 aromatic rings. The molecule has 1 aliphatic rings. The third-order valence-corrected chi connectivity index (χ3v) is 5.16. The van der Waals surface area contributed by atoms with Crippen molar-refractivity contribution in [3.63, 3.8) is 0 Å². The van der Waals surface area contributed by atoms with Crippen molar-refractivity contribution in [1.29, 1.82) is 0 Å². The molecule has 1 aliphatic carbocycles. The molecular formula is C19H35N3O. The van der Waals surface area contributed by atoms with Gasteiger partial charge < -0.3 is 4.74 Å². The summed E-state index contributed by atoms with van der Waals surface area (Å²) in [5.41, 5.74) is 0.422. The molecule has 0 aliphatic heterocycles. The third kappa shape index (κ3) is 6.62. The molecule has 1 saturated carbocycles. The highest BCUT2D eigenvalue weighted by atomic mass is 16.5. The van der Waals surface area contributed by atoms with Crippen molar-refractivity contribution in [1.82, 2.24) is 14.8 Å². The van der Waals surface area contributed by atoms with Crippen molar-refractivity contribution in [2.24, 2.45) is 11.3 Å². The van der Waals surface area contributed by atoms with Crippen LogP contribution in [0.15, 0.2) is 12.7 Å². The Bertz CT molecular complexity index is 416. The smallest absolute Gasteiger partial charge is 0.137 e. The second-order valence-corrected chi connectivity index (χ2v) is 7.96. The van der Waals surface area contributed by atoms with E-state index in [-0.39, 0.29) is 0 Å². The number of hydrogen-bond donors (Lipinski definition) is 0. The molecule has 1 aromatic heterocycles. The number of ether oxygens (including phenoxy) is 1. The van der Waals surface area contributed by atoms with E-state index in [0.29, 0.717) is 17.4 Å². The molecule has 0 aromatic carbocycles. The first-order valence-corrected chi connectivity index (χ1v) is 9.55. The van der Waals surface area contributed by atoms with Gasteiger partial charge in [0.25, 0.3) is 0 Å². The molecule has 2 atom stereocenters. The van der Waals surface area contributed by atoms with E-state index >= 15 is 0 Å². The van der Waals surface area contributed by atoms with Crippen LogP contribution in [0.1, 0.15) is 78.6 Å². The number of hydrogen-bond acceptors (Lipinski definition) is 3. The summed E-state index contributed by atoms with van der Waals surface area (Å²) in [5.74, 6) is 0.556.